The molecule has 0 amide bonds. The van der Waals surface area contributed by atoms with Crippen molar-refractivity contribution in [2.45, 2.75) is 25.9 Å². The van der Waals surface area contributed by atoms with E-state index in [0.717, 1.165) is 5.56 Å². The molecule has 2 nitrogen and oxygen atoms in total. The van der Waals surface area contributed by atoms with Crippen molar-refractivity contribution in [3.8, 4) is 5.75 Å². The number of hydrogen-bond donors (Lipinski definition) is 0. The summed E-state index contributed by atoms with van der Waals surface area (Å²) in [7, 11) is -0.918. The van der Waals surface area contributed by atoms with Crippen molar-refractivity contribution in [2.24, 2.45) is 0 Å². The van der Waals surface area contributed by atoms with E-state index in [-0.39, 0.29) is 26.9 Å². The molecule has 3 aromatic carbocycles. The van der Waals surface area contributed by atoms with E-state index in [1.807, 2.05) is 30.3 Å². The Bertz CT molecular complexity index is 1090. The first kappa shape index (κ1) is 27.0. The second-order valence-corrected chi connectivity index (χ2v) is 8.17. The van der Waals surface area contributed by atoms with Gasteiger partial charge in [-0.25, -0.2) is 0 Å². The minimum Gasteiger partial charge on any atom is -1.00 e. The van der Waals surface area contributed by atoms with E-state index in [9.17, 15) is 31.1 Å². The van der Waals surface area contributed by atoms with Crippen molar-refractivity contribution in [2.75, 3.05) is 0 Å². The van der Waals surface area contributed by atoms with Gasteiger partial charge in [0.2, 0.25) is 0 Å². The van der Waals surface area contributed by atoms with Crippen LogP contribution in [0.2, 0.25) is 0 Å². The van der Waals surface area contributed by atoms with Crippen LogP contribution in [0.1, 0.15) is 34.0 Å². The molecule has 0 saturated carbocycles. The molecule has 3 rings (SSSR count). The zero-order chi connectivity index (χ0) is 23.5. The Labute approximate surface area is 201 Å². The summed E-state index contributed by atoms with van der Waals surface area (Å²) in [5.74, 6) is 0.471. The minimum atomic E-state index is -5.10. The Morgan fingerprint density at radius 3 is 1.97 bits per heavy atom. The van der Waals surface area contributed by atoms with E-state index in [1.165, 1.54) is 12.1 Å². The first-order valence-electron chi connectivity index (χ1n) is 9.33. The average Bonchev–Trinajstić information content (AvgIpc) is 2.73. The van der Waals surface area contributed by atoms with Crippen LogP contribution in [0.15, 0.2) is 66.7 Å². The van der Waals surface area contributed by atoms with Gasteiger partial charge in [-0.05, 0) is 56.2 Å². The van der Waals surface area contributed by atoms with E-state index < -0.39 is 43.1 Å². The Kier molecular flexibility index (Phi) is 8.81. The standard InChI is InChI=1S/C23H17F6O2P.Li.H/c1-14-12-16(31-13-15-6-3-2-4-7-15)10-11-19(14)32-21(30)20-17(22(24,25)26)8-5-9-18(20)23(27,28)29;;/h2-12,32H,13H2,1H3;;/q;+1;-1. The summed E-state index contributed by atoms with van der Waals surface area (Å²) in [5.41, 5.74) is -4.31. The van der Waals surface area contributed by atoms with E-state index in [4.69, 9.17) is 4.74 Å². The predicted molar refractivity (Wildman–Crippen MR) is 112 cm³/mol. The van der Waals surface area contributed by atoms with Gasteiger partial charge >= 0.3 is 31.2 Å². The molecule has 170 valence electrons. The van der Waals surface area contributed by atoms with Crippen molar-refractivity contribution < 1.29 is 56.2 Å². The van der Waals surface area contributed by atoms with Crippen molar-refractivity contribution in [3.05, 3.63) is 94.5 Å². The average molecular weight is 478 g/mol. The van der Waals surface area contributed by atoms with Gasteiger partial charge in [0.1, 0.15) is 12.4 Å². The molecule has 0 radical (unpaired) electrons. The molecule has 0 heterocycles. The molecule has 10 heteroatoms. The zero-order valence-corrected chi connectivity index (χ0v) is 18.6. The largest absolute Gasteiger partial charge is 1.00 e. The van der Waals surface area contributed by atoms with Crippen molar-refractivity contribution in [3.63, 3.8) is 0 Å². The van der Waals surface area contributed by atoms with Gasteiger partial charge in [0, 0.05) is 5.56 Å². The number of rotatable bonds is 6. The molecular weight excluding hydrogens is 460 g/mol. The topological polar surface area (TPSA) is 26.3 Å². The summed E-state index contributed by atoms with van der Waals surface area (Å²) in [6.07, 6.45) is -10.2. The van der Waals surface area contributed by atoms with Crippen LogP contribution >= 0.6 is 8.58 Å². The molecule has 0 saturated heterocycles. The summed E-state index contributed by atoms with van der Waals surface area (Å²) in [5, 5.41) is 0.340. The van der Waals surface area contributed by atoms with Crippen molar-refractivity contribution in [1.29, 1.82) is 0 Å². The van der Waals surface area contributed by atoms with Crippen LogP contribution in [0.25, 0.3) is 0 Å². The second-order valence-electron chi connectivity index (χ2n) is 6.93. The fourth-order valence-corrected chi connectivity index (χ4v) is 4.14. The number of carbonyl (C=O) groups excluding carboxylic acids is 1. The molecule has 0 aromatic heterocycles. The number of alkyl halides is 6. The van der Waals surface area contributed by atoms with Crippen LogP contribution in [-0.4, -0.2) is 5.52 Å². The summed E-state index contributed by atoms with van der Waals surface area (Å²) in [4.78, 5) is 12.7. The molecule has 0 aliphatic heterocycles. The van der Waals surface area contributed by atoms with Crippen LogP contribution < -0.4 is 28.9 Å². The quantitative estimate of drug-likeness (QED) is 0.306. The predicted octanol–water partition coefficient (Wildman–Crippen LogP) is 3.87. The number of halogens is 6. The molecule has 0 N–H and O–H groups in total. The molecule has 3 aromatic rings. The molecule has 0 bridgehead atoms. The first-order valence-corrected chi connectivity index (χ1v) is 10.3. The van der Waals surface area contributed by atoms with Crippen LogP contribution in [0.5, 0.6) is 5.75 Å². The molecule has 0 fully saturated rings. The molecule has 0 aliphatic carbocycles. The van der Waals surface area contributed by atoms with Crippen LogP contribution in [0.4, 0.5) is 26.3 Å². The number of benzene rings is 3. The smallest absolute Gasteiger partial charge is 1.00 e. The maximum absolute atomic E-state index is 13.3. The SMILES string of the molecule is Cc1cc(OCc2ccccc2)ccc1PC(=O)c1c(C(F)(F)F)cccc1C(F)(F)F.[H-].[Li+]. The maximum atomic E-state index is 13.3. The summed E-state index contributed by atoms with van der Waals surface area (Å²) in [6, 6.07) is 15.6. The molecule has 1 unspecified atom stereocenters. The maximum Gasteiger partial charge on any atom is 1.00 e. The second kappa shape index (κ2) is 10.8. The number of aryl methyl sites for hydroxylation is 1. The Morgan fingerprint density at radius 1 is 0.879 bits per heavy atom. The summed E-state index contributed by atoms with van der Waals surface area (Å²) < 4.78 is 85.7. The fraction of sp³-hybridized carbons (Fsp3) is 0.174. The van der Waals surface area contributed by atoms with Gasteiger partial charge in [-0.15, -0.1) is 0 Å². The number of carbonyl (C=O) groups is 1. The van der Waals surface area contributed by atoms with E-state index in [0.29, 0.717) is 34.8 Å². The summed E-state index contributed by atoms with van der Waals surface area (Å²) >= 11 is 0. The molecule has 0 aliphatic rings. The van der Waals surface area contributed by atoms with Gasteiger partial charge in [0.25, 0.3) is 0 Å². The van der Waals surface area contributed by atoms with Crippen LogP contribution in [-0.2, 0) is 19.0 Å². The van der Waals surface area contributed by atoms with Gasteiger partial charge in [-0.3, -0.25) is 4.79 Å². The van der Waals surface area contributed by atoms with Gasteiger partial charge in [0.15, 0.2) is 5.52 Å². The zero-order valence-electron chi connectivity index (χ0n) is 18.6. The number of hydrogen-bond acceptors (Lipinski definition) is 2. The van der Waals surface area contributed by atoms with Gasteiger partial charge in [0.05, 0.1) is 11.1 Å². The normalized spacial score (nSPS) is 12.0. The van der Waals surface area contributed by atoms with Crippen LogP contribution in [0, 0.1) is 6.92 Å². The Hall–Kier alpha value is -2.26. The molecule has 0 spiro atoms. The monoisotopic (exact) mass is 478 g/mol. The van der Waals surface area contributed by atoms with E-state index in [1.54, 1.807) is 13.0 Å². The van der Waals surface area contributed by atoms with E-state index >= 15 is 0 Å². The molecule has 33 heavy (non-hydrogen) atoms. The number of ether oxygens (including phenoxy) is 1. The Morgan fingerprint density at radius 2 is 1.45 bits per heavy atom. The van der Waals surface area contributed by atoms with Crippen molar-refractivity contribution in [1.82, 2.24) is 0 Å². The van der Waals surface area contributed by atoms with Crippen molar-refractivity contribution >= 4 is 19.4 Å². The Balaban J connectivity index is 0.00000289. The minimum absolute atomic E-state index is 0. The third-order valence-electron chi connectivity index (χ3n) is 4.60. The first-order chi connectivity index (χ1) is 15.0. The fourth-order valence-electron chi connectivity index (χ4n) is 3.06. The summed E-state index contributed by atoms with van der Waals surface area (Å²) in [6.45, 7) is 1.90. The van der Waals surface area contributed by atoms with E-state index in [2.05, 4.69) is 0 Å². The third-order valence-corrected chi connectivity index (χ3v) is 5.90. The molecular formula is C23H18F6LiO2P. The van der Waals surface area contributed by atoms with Gasteiger partial charge in [-0.2, -0.15) is 26.3 Å². The van der Waals surface area contributed by atoms with Crippen LogP contribution in [0.3, 0.4) is 0 Å². The van der Waals surface area contributed by atoms with Gasteiger partial charge < -0.3 is 6.16 Å². The van der Waals surface area contributed by atoms with Gasteiger partial charge in [-0.1, -0.05) is 42.5 Å². The molecule has 1 atom stereocenters. The third kappa shape index (κ3) is 6.86.